The normalized spacial score (nSPS) is 12.8. The van der Waals surface area contributed by atoms with Gasteiger partial charge >= 0.3 is 5.97 Å². The summed E-state index contributed by atoms with van der Waals surface area (Å²) < 4.78 is 13.6. The lowest BCUT2D eigenvalue weighted by Crippen LogP contribution is -2.49. The number of carbonyl (C=O) groups excluding carboxylic acids is 1. The van der Waals surface area contributed by atoms with E-state index in [1.54, 1.807) is 20.8 Å². The van der Waals surface area contributed by atoms with Crippen LogP contribution < -0.4 is 11.1 Å². The standard InChI is InChI=1S/C13H17FN2O3/c1-13(2,3)10(12(18)19)16-11(17)8-5-4-7(15)6-9(8)14/h4-6,10H,15H2,1-3H3,(H,16,17)(H,18,19)/t10-/m1/s1. The molecular formula is C13H17FN2O3. The summed E-state index contributed by atoms with van der Waals surface area (Å²) in [5, 5.41) is 11.4. The van der Waals surface area contributed by atoms with Gasteiger partial charge in [0.1, 0.15) is 11.9 Å². The maximum absolute atomic E-state index is 13.6. The molecule has 0 saturated heterocycles. The number of amides is 1. The van der Waals surface area contributed by atoms with Crippen LogP contribution in [0.4, 0.5) is 10.1 Å². The zero-order chi connectivity index (χ0) is 14.8. The summed E-state index contributed by atoms with van der Waals surface area (Å²) in [5.41, 5.74) is 4.65. The van der Waals surface area contributed by atoms with Crippen molar-refractivity contribution in [2.45, 2.75) is 26.8 Å². The highest BCUT2D eigenvalue weighted by molar-refractivity contribution is 5.97. The van der Waals surface area contributed by atoms with Gasteiger partial charge in [0.2, 0.25) is 0 Å². The Kier molecular flexibility index (Phi) is 4.14. The predicted octanol–water partition coefficient (Wildman–Crippen LogP) is 1.64. The maximum atomic E-state index is 13.6. The van der Waals surface area contributed by atoms with Crippen LogP contribution in [0.25, 0.3) is 0 Å². The molecule has 0 unspecified atom stereocenters. The maximum Gasteiger partial charge on any atom is 0.326 e. The summed E-state index contributed by atoms with van der Waals surface area (Å²) in [7, 11) is 0. The van der Waals surface area contributed by atoms with E-state index in [0.717, 1.165) is 6.07 Å². The number of carbonyl (C=O) groups is 2. The van der Waals surface area contributed by atoms with Crippen LogP contribution in [0.1, 0.15) is 31.1 Å². The van der Waals surface area contributed by atoms with Gasteiger partial charge in [-0.1, -0.05) is 20.8 Å². The molecule has 1 aromatic rings. The number of aliphatic carboxylic acids is 1. The van der Waals surface area contributed by atoms with E-state index in [0.29, 0.717) is 0 Å². The molecule has 1 amide bonds. The zero-order valence-electron chi connectivity index (χ0n) is 11.0. The molecule has 104 valence electrons. The van der Waals surface area contributed by atoms with E-state index in [2.05, 4.69) is 5.32 Å². The Labute approximate surface area is 110 Å². The molecule has 1 aromatic carbocycles. The Morgan fingerprint density at radius 3 is 2.37 bits per heavy atom. The van der Waals surface area contributed by atoms with Crippen molar-refractivity contribution in [3.05, 3.63) is 29.6 Å². The number of nitrogen functional groups attached to an aromatic ring is 1. The van der Waals surface area contributed by atoms with Crippen molar-refractivity contribution in [1.82, 2.24) is 5.32 Å². The van der Waals surface area contributed by atoms with Crippen LogP contribution in [0.15, 0.2) is 18.2 Å². The third-order valence-corrected chi connectivity index (χ3v) is 2.63. The molecule has 0 aromatic heterocycles. The summed E-state index contributed by atoms with van der Waals surface area (Å²) in [6.07, 6.45) is 0. The highest BCUT2D eigenvalue weighted by atomic mass is 19.1. The summed E-state index contributed by atoms with van der Waals surface area (Å²) in [5.74, 6) is -2.73. The molecule has 19 heavy (non-hydrogen) atoms. The topological polar surface area (TPSA) is 92.4 Å². The monoisotopic (exact) mass is 268 g/mol. The van der Waals surface area contributed by atoms with Crippen molar-refractivity contribution in [1.29, 1.82) is 0 Å². The molecule has 0 aliphatic heterocycles. The summed E-state index contributed by atoms with van der Waals surface area (Å²) in [6.45, 7) is 5.02. The number of rotatable bonds is 3. The largest absolute Gasteiger partial charge is 0.480 e. The SMILES string of the molecule is CC(C)(C)[C@H](NC(=O)c1ccc(N)cc1F)C(=O)O. The molecule has 0 bridgehead atoms. The Balaban J connectivity index is 2.98. The zero-order valence-corrected chi connectivity index (χ0v) is 11.0. The lowest BCUT2D eigenvalue weighted by molar-refractivity contribution is -0.142. The van der Waals surface area contributed by atoms with E-state index < -0.39 is 29.2 Å². The fourth-order valence-corrected chi connectivity index (χ4v) is 1.57. The number of halogens is 1. The minimum Gasteiger partial charge on any atom is -0.480 e. The van der Waals surface area contributed by atoms with Crippen LogP contribution in [-0.2, 0) is 4.79 Å². The molecule has 0 aliphatic rings. The third kappa shape index (κ3) is 3.67. The van der Waals surface area contributed by atoms with Crippen LogP contribution >= 0.6 is 0 Å². The smallest absolute Gasteiger partial charge is 0.326 e. The van der Waals surface area contributed by atoms with Crippen molar-refractivity contribution >= 4 is 17.6 Å². The number of nitrogens with one attached hydrogen (secondary N) is 1. The van der Waals surface area contributed by atoms with E-state index >= 15 is 0 Å². The number of hydrogen-bond donors (Lipinski definition) is 3. The minimum atomic E-state index is -1.17. The van der Waals surface area contributed by atoms with Gasteiger partial charge in [0.15, 0.2) is 0 Å². The van der Waals surface area contributed by atoms with E-state index in [1.807, 2.05) is 0 Å². The van der Waals surface area contributed by atoms with Crippen molar-refractivity contribution in [3.63, 3.8) is 0 Å². The summed E-state index contributed by atoms with van der Waals surface area (Å²) >= 11 is 0. The second-order valence-electron chi connectivity index (χ2n) is 5.35. The molecular weight excluding hydrogens is 251 g/mol. The lowest BCUT2D eigenvalue weighted by Gasteiger charge is -2.27. The fraction of sp³-hybridized carbons (Fsp3) is 0.385. The van der Waals surface area contributed by atoms with Gasteiger partial charge in [-0.2, -0.15) is 0 Å². The molecule has 0 fully saturated rings. The Morgan fingerprint density at radius 2 is 1.95 bits per heavy atom. The number of anilines is 1. The first-order valence-electron chi connectivity index (χ1n) is 5.71. The third-order valence-electron chi connectivity index (χ3n) is 2.63. The minimum absolute atomic E-state index is 0.194. The van der Waals surface area contributed by atoms with Crippen LogP contribution in [0, 0.1) is 11.2 Å². The van der Waals surface area contributed by atoms with E-state index in [4.69, 9.17) is 10.8 Å². The quantitative estimate of drug-likeness (QED) is 0.726. The fourth-order valence-electron chi connectivity index (χ4n) is 1.57. The molecule has 1 atom stereocenters. The Hall–Kier alpha value is -2.11. The lowest BCUT2D eigenvalue weighted by atomic mass is 9.86. The summed E-state index contributed by atoms with van der Waals surface area (Å²) in [4.78, 5) is 23.0. The molecule has 5 nitrogen and oxygen atoms in total. The van der Waals surface area contributed by atoms with Gasteiger partial charge in [0.25, 0.3) is 5.91 Å². The highest BCUT2D eigenvalue weighted by Gasteiger charge is 2.33. The van der Waals surface area contributed by atoms with Gasteiger partial charge < -0.3 is 16.2 Å². The highest BCUT2D eigenvalue weighted by Crippen LogP contribution is 2.20. The molecule has 1 rings (SSSR count). The molecule has 6 heteroatoms. The van der Waals surface area contributed by atoms with Crippen molar-refractivity contribution < 1.29 is 19.1 Å². The number of carboxylic acid groups (broad SMARTS) is 1. The van der Waals surface area contributed by atoms with Gasteiger partial charge in [-0.15, -0.1) is 0 Å². The average Bonchev–Trinajstić information content (AvgIpc) is 2.23. The van der Waals surface area contributed by atoms with Gasteiger partial charge in [-0.05, 0) is 23.6 Å². The van der Waals surface area contributed by atoms with Crippen LogP contribution in [0.3, 0.4) is 0 Å². The Morgan fingerprint density at radius 1 is 1.37 bits per heavy atom. The van der Waals surface area contributed by atoms with Crippen molar-refractivity contribution in [3.8, 4) is 0 Å². The molecule has 0 aliphatic carbocycles. The summed E-state index contributed by atoms with van der Waals surface area (Å²) in [6, 6.07) is 2.51. The number of carboxylic acids is 1. The van der Waals surface area contributed by atoms with Crippen LogP contribution in [0.2, 0.25) is 0 Å². The van der Waals surface area contributed by atoms with Gasteiger partial charge in [-0.3, -0.25) is 4.79 Å². The molecule has 0 radical (unpaired) electrons. The first-order valence-corrected chi connectivity index (χ1v) is 5.71. The Bertz CT molecular complexity index is 509. The average molecular weight is 268 g/mol. The predicted molar refractivity (Wildman–Crippen MR) is 69.2 cm³/mol. The van der Waals surface area contributed by atoms with E-state index in [9.17, 15) is 14.0 Å². The van der Waals surface area contributed by atoms with Gasteiger partial charge in [0, 0.05) is 5.69 Å². The van der Waals surface area contributed by atoms with E-state index in [-0.39, 0.29) is 11.3 Å². The molecule has 0 saturated carbocycles. The number of benzene rings is 1. The number of hydrogen-bond acceptors (Lipinski definition) is 3. The molecule has 0 heterocycles. The first kappa shape index (κ1) is 14.9. The van der Waals surface area contributed by atoms with Crippen LogP contribution in [0.5, 0.6) is 0 Å². The second kappa shape index (κ2) is 5.26. The first-order chi connectivity index (χ1) is 8.62. The van der Waals surface area contributed by atoms with Crippen LogP contribution in [-0.4, -0.2) is 23.0 Å². The molecule has 4 N–H and O–H groups in total. The number of nitrogens with two attached hydrogens (primary N) is 1. The van der Waals surface area contributed by atoms with Crippen molar-refractivity contribution in [2.24, 2.45) is 5.41 Å². The van der Waals surface area contributed by atoms with E-state index in [1.165, 1.54) is 12.1 Å². The second-order valence-corrected chi connectivity index (χ2v) is 5.35. The van der Waals surface area contributed by atoms with Gasteiger partial charge in [-0.25, -0.2) is 9.18 Å². The molecule has 0 spiro atoms. The van der Waals surface area contributed by atoms with Gasteiger partial charge in [0.05, 0.1) is 5.56 Å². The van der Waals surface area contributed by atoms with Crippen molar-refractivity contribution in [2.75, 3.05) is 5.73 Å².